The fourth-order valence-corrected chi connectivity index (χ4v) is 1.20. The van der Waals surface area contributed by atoms with Crippen LogP contribution in [0, 0.1) is 0 Å². The molecule has 14 heavy (non-hydrogen) atoms. The average molecular weight is 194 g/mol. The number of hydrogen-bond donors (Lipinski definition) is 1. The summed E-state index contributed by atoms with van der Waals surface area (Å²) >= 11 is 0. The summed E-state index contributed by atoms with van der Waals surface area (Å²) in [5, 5.41) is 8.81. The molecule has 0 aliphatic rings. The van der Waals surface area contributed by atoms with Crippen molar-refractivity contribution in [3.8, 4) is 5.75 Å². The van der Waals surface area contributed by atoms with Gasteiger partial charge in [-0.25, -0.2) is 0 Å². The Labute approximate surface area is 85.5 Å². The summed E-state index contributed by atoms with van der Waals surface area (Å²) in [4.78, 5) is 0. The van der Waals surface area contributed by atoms with Crippen molar-refractivity contribution in [3.63, 3.8) is 0 Å². The van der Waals surface area contributed by atoms with Crippen LogP contribution in [0.3, 0.4) is 0 Å². The van der Waals surface area contributed by atoms with Crippen LogP contribution in [-0.2, 0) is 0 Å². The third kappa shape index (κ3) is 3.04. The van der Waals surface area contributed by atoms with Gasteiger partial charge in [-0.2, -0.15) is 0 Å². The minimum Gasteiger partial charge on any atom is -0.488 e. The summed E-state index contributed by atoms with van der Waals surface area (Å²) in [5.74, 6) is 1.36. The van der Waals surface area contributed by atoms with Crippen molar-refractivity contribution >= 4 is 0 Å². The Kier molecular flexibility index (Phi) is 3.96. The van der Waals surface area contributed by atoms with Gasteiger partial charge in [0.2, 0.25) is 0 Å². The molecule has 2 nitrogen and oxygen atoms in total. The summed E-state index contributed by atoms with van der Waals surface area (Å²) < 4.78 is 5.45. The van der Waals surface area contributed by atoms with E-state index in [4.69, 9.17) is 9.84 Å². The number of ether oxygens (including phenoxy) is 1. The maximum atomic E-state index is 8.81. The van der Waals surface area contributed by atoms with E-state index < -0.39 is 0 Å². The minimum absolute atomic E-state index is 0.0476. The Balaban J connectivity index is 2.64. The number of aliphatic hydroxyl groups excluding tert-OH is 1. The van der Waals surface area contributed by atoms with E-state index in [0.717, 1.165) is 5.75 Å². The molecule has 1 aromatic rings. The summed E-state index contributed by atoms with van der Waals surface area (Å²) in [5.41, 5.74) is 1.30. The molecule has 1 atom stereocenters. The quantitative estimate of drug-likeness (QED) is 0.798. The third-order valence-corrected chi connectivity index (χ3v) is 2.14. The highest BCUT2D eigenvalue weighted by molar-refractivity contribution is 5.28. The van der Waals surface area contributed by atoms with Crippen LogP contribution in [0.15, 0.2) is 24.3 Å². The molecule has 0 heterocycles. The third-order valence-electron chi connectivity index (χ3n) is 2.14. The lowest BCUT2D eigenvalue weighted by atomic mass is 10.0. The predicted molar refractivity (Wildman–Crippen MR) is 57.7 cm³/mol. The molecule has 0 aliphatic heterocycles. The van der Waals surface area contributed by atoms with Crippen molar-refractivity contribution in [2.45, 2.75) is 32.8 Å². The molecule has 0 aromatic heterocycles. The molecule has 0 bridgehead atoms. The first-order valence-corrected chi connectivity index (χ1v) is 5.01. The van der Waals surface area contributed by atoms with E-state index in [1.807, 2.05) is 19.1 Å². The number of benzene rings is 1. The number of hydrogen-bond acceptors (Lipinski definition) is 2. The van der Waals surface area contributed by atoms with Gasteiger partial charge in [-0.3, -0.25) is 0 Å². The summed E-state index contributed by atoms with van der Waals surface area (Å²) in [6.45, 7) is 6.21. The Hall–Kier alpha value is -1.02. The normalized spacial score (nSPS) is 12.9. The fraction of sp³-hybridized carbons (Fsp3) is 0.500. The van der Waals surface area contributed by atoms with Crippen molar-refractivity contribution in [2.75, 3.05) is 6.61 Å². The van der Waals surface area contributed by atoms with Crippen molar-refractivity contribution in [1.82, 2.24) is 0 Å². The van der Waals surface area contributed by atoms with E-state index in [1.165, 1.54) is 5.56 Å². The lowest BCUT2D eigenvalue weighted by molar-refractivity contribution is 0.129. The van der Waals surface area contributed by atoms with E-state index in [1.54, 1.807) is 0 Å². The predicted octanol–water partition coefficient (Wildman–Crippen LogP) is 2.57. The van der Waals surface area contributed by atoms with E-state index in [2.05, 4.69) is 26.0 Å². The second-order valence-electron chi connectivity index (χ2n) is 3.83. The lowest BCUT2D eigenvalue weighted by Gasteiger charge is -2.12. The molecule has 0 fully saturated rings. The SMILES string of the molecule is CC(CO)Oc1ccc(C(C)C)cc1. The molecule has 0 aliphatic carbocycles. The van der Waals surface area contributed by atoms with Gasteiger partial charge in [-0.05, 0) is 30.5 Å². The van der Waals surface area contributed by atoms with Crippen LogP contribution in [0.4, 0.5) is 0 Å². The Morgan fingerprint density at radius 2 is 1.71 bits per heavy atom. The Bertz CT molecular complexity index is 264. The molecular weight excluding hydrogens is 176 g/mol. The van der Waals surface area contributed by atoms with E-state index >= 15 is 0 Å². The summed E-state index contributed by atoms with van der Waals surface area (Å²) in [7, 11) is 0. The van der Waals surface area contributed by atoms with Gasteiger partial charge in [0.25, 0.3) is 0 Å². The lowest BCUT2D eigenvalue weighted by Crippen LogP contribution is -2.16. The van der Waals surface area contributed by atoms with Crippen LogP contribution < -0.4 is 4.74 Å². The maximum absolute atomic E-state index is 8.81. The van der Waals surface area contributed by atoms with Gasteiger partial charge in [0.1, 0.15) is 11.9 Å². The van der Waals surface area contributed by atoms with Crippen molar-refractivity contribution in [3.05, 3.63) is 29.8 Å². The monoisotopic (exact) mass is 194 g/mol. The molecule has 1 N–H and O–H groups in total. The molecule has 0 saturated heterocycles. The molecule has 0 spiro atoms. The minimum atomic E-state index is -0.139. The van der Waals surface area contributed by atoms with Gasteiger partial charge >= 0.3 is 0 Å². The molecule has 1 unspecified atom stereocenters. The highest BCUT2D eigenvalue weighted by Gasteiger charge is 2.02. The van der Waals surface area contributed by atoms with E-state index in [-0.39, 0.29) is 12.7 Å². The molecule has 1 aromatic carbocycles. The Morgan fingerprint density at radius 1 is 1.14 bits per heavy atom. The first kappa shape index (κ1) is 11.1. The van der Waals surface area contributed by atoms with Crippen molar-refractivity contribution in [2.24, 2.45) is 0 Å². The summed E-state index contributed by atoms with van der Waals surface area (Å²) in [6, 6.07) is 8.01. The highest BCUT2D eigenvalue weighted by Crippen LogP contribution is 2.19. The summed E-state index contributed by atoms with van der Waals surface area (Å²) in [6.07, 6.45) is -0.139. The zero-order valence-corrected chi connectivity index (χ0v) is 9.03. The molecule has 0 radical (unpaired) electrons. The van der Waals surface area contributed by atoms with Crippen LogP contribution in [-0.4, -0.2) is 17.8 Å². The molecule has 78 valence electrons. The average Bonchev–Trinajstić information content (AvgIpc) is 2.18. The maximum Gasteiger partial charge on any atom is 0.119 e. The first-order valence-electron chi connectivity index (χ1n) is 5.01. The molecule has 2 heteroatoms. The topological polar surface area (TPSA) is 29.5 Å². The molecular formula is C12H18O2. The van der Waals surface area contributed by atoms with Crippen molar-refractivity contribution in [1.29, 1.82) is 0 Å². The van der Waals surface area contributed by atoms with E-state index in [0.29, 0.717) is 5.92 Å². The van der Waals surface area contributed by atoms with Crippen LogP contribution >= 0.6 is 0 Å². The van der Waals surface area contributed by atoms with Crippen LogP contribution in [0.25, 0.3) is 0 Å². The zero-order valence-electron chi connectivity index (χ0n) is 9.03. The first-order chi connectivity index (χ1) is 6.63. The fourth-order valence-electron chi connectivity index (χ4n) is 1.20. The smallest absolute Gasteiger partial charge is 0.119 e. The molecule has 1 rings (SSSR count). The van der Waals surface area contributed by atoms with Gasteiger partial charge < -0.3 is 9.84 Å². The van der Waals surface area contributed by atoms with Gasteiger partial charge in [-0.1, -0.05) is 26.0 Å². The van der Waals surface area contributed by atoms with Crippen LogP contribution in [0.2, 0.25) is 0 Å². The number of aliphatic hydroxyl groups is 1. The Morgan fingerprint density at radius 3 is 2.14 bits per heavy atom. The van der Waals surface area contributed by atoms with Crippen LogP contribution in [0.5, 0.6) is 5.75 Å². The largest absolute Gasteiger partial charge is 0.488 e. The van der Waals surface area contributed by atoms with Crippen LogP contribution in [0.1, 0.15) is 32.3 Å². The van der Waals surface area contributed by atoms with Gasteiger partial charge in [0.15, 0.2) is 0 Å². The zero-order chi connectivity index (χ0) is 10.6. The highest BCUT2D eigenvalue weighted by atomic mass is 16.5. The van der Waals surface area contributed by atoms with Gasteiger partial charge in [0, 0.05) is 0 Å². The molecule has 0 saturated carbocycles. The standard InChI is InChI=1S/C12H18O2/c1-9(2)11-4-6-12(7-5-11)14-10(3)8-13/h4-7,9-10,13H,8H2,1-3H3. The van der Waals surface area contributed by atoms with Gasteiger partial charge in [0.05, 0.1) is 6.61 Å². The van der Waals surface area contributed by atoms with E-state index in [9.17, 15) is 0 Å². The van der Waals surface area contributed by atoms with Crippen molar-refractivity contribution < 1.29 is 9.84 Å². The second kappa shape index (κ2) is 5.01. The molecule has 0 amide bonds. The van der Waals surface area contributed by atoms with Gasteiger partial charge in [-0.15, -0.1) is 0 Å². The second-order valence-corrected chi connectivity index (χ2v) is 3.83. The number of rotatable bonds is 4.